The minimum Gasteiger partial charge on any atom is -0.470 e. The van der Waals surface area contributed by atoms with Crippen LogP contribution in [-0.2, 0) is 4.74 Å². The standard InChI is InChI=1S/C6H10O2/c1-4-3-6(7)8-5(4)2/h6-7H,3H2,1-2H3. The van der Waals surface area contributed by atoms with Gasteiger partial charge in [0.1, 0.15) is 0 Å². The summed E-state index contributed by atoms with van der Waals surface area (Å²) in [7, 11) is 0. The van der Waals surface area contributed by atoms with Crippen molar-refractivity contribution >= 4 is 0 Å². The molecule has 0 radical (unpaired) electrons. The van der Waals surface area contributed by atoms with Crippen LogP contribution in [0.1, 0.15) is 20.3 Å². The van der Waals surface area contributed by atoms with Gasteiger partial charge >= 0.3 is 0 Å². The molecule has 0 saturated heterocycles. The van der Waals surface area contributed by atoms with E-state index in [9.17, 15) is 0 Å². The van der Waals surface area contributed by atoms with Crippen molar-refractivity contribution in [2.75, 3.05) is 0 Å². The van der Waals surface area contributed by atoms with Gasteiger partial charge < -0.3 is 9.84 Å². The van der Waals surface area contributed by atoms with E-state index in [0.29, 0.717) is 6.42 Å². The summed E-state index contributed by atoms with van der Waals surface area (Å²) in [6.07, 6.45) is 0.0984. The Morgan fingerprint density at radius 1 is 1.62 bits per heavy atom. The SMILES string of the molecule is CC1=C(C)OC(O)C1. The van der Waals surface area contributed by atoms with Gasteiger partial charge in [0.25, 0.3) is 0 Å². The van der Waals surface area contributed by atoms with Crippen LogP contribution in [0.4, 0.5) is 0 Å². The third kappa shape index (κ3) is 0.842. The van der Waals surface area contributed by atoms with Gasteiger partial charge in [0.15, 0.2) is 0 Å². The van der Waals surface area contributed by atoms with Crippen LogP contribution in [0, 0.1) is 0 Å². The first-order valence-electron chi connectivity index (χ1n) is 2.71. The first-order valence-corrected chi connectivity index (χ1v) is 2.71. The van der Waals surface area contributed by atoms with E-state index in [-0.39, 0.29) is 0 Å². The van der Waals surface area contributed by atoms with Crippen LogP contribution >= 0.6 is 0 Å². The normalized spacial score (nSPS) is 28.6. The fourth-order valence-corrected chi connectivity index (χ4v) is 0.752. The van der Waals surface area contributed by atoms with Gasteiger partial charge in [-0.2, -0.15) is 0 Å². The molecule has 0 saturated carbocycles. The van der Waals surface area contributed by atoms with Gasteiger partial charge in [0.05, 0.1) is 5.76 Å². The summed E-state index contributed by atoms with van der Waals surface area (Å²) in [5.74, 6) is 0.873. The van der Waals surface area contributed by atoms with Gasteiger partial charge in [-0.3, -0.25) is 0 Å². The fraction of sp³-hybridized carbons (Fsp3) is 0.667. The number of allylic oxidation sites excluding steroid dienone is 1. The first kappa shape index (κ1) is 5.63. The second kappa shape index (κ2) is 1.78. The van der Waals surface area contributed by atoms with E-state index in [0.717, 1.165) is 11.3 Å². The van der Waals surface area contributed by atoms with Gasteiger partial charge in [-0.05, 0) is 19.4 Å². The van der Waals surface area contributed by atoms with Crippen molar-refractivity contribution in [3.63, 3.8) is 0 Å². The van der Waals surface area contributed by atoms with E-state index in [1.165, 1.54) is 0 Å². The highest BCUT2D eigenvalue weighted by atomic mass is 16.6. The molecule has 0 spiro atoms. The summed E-state index contributed by atoms with van der Waals surface area (Å²) in [5.41, 5.74) is 1.15. The molecule has 1 rings (SSSR count). The van der Waals surface area contributed by atoms with Crippen molar-refractivity contribution in [3.8, 4) is 0 Å². The smallest absolute Gasteiger partial charge is 0.200 e. The van der Waals surface area contributed by atoms with Crippen LogP contribution in [-0.4, -0.2) is 11.4 Å². The average Bonchev–Trinajstić information content (AvgIpc) is 1.85. The molecule has 0 aromatic heterocycles. The van der Waals surface area contributed by atoms with E-state index in [4.69, 9.17) is 9.84 Å². The van der Waals surface area contributed by atoms with Crippen LogP contribution in [0.15, 0.2) is 11.3 Å². The number of rotatable bonds is 0. The van der Waals surface area contributed by atoms with Gasteiger partial charge in [-0.25, -0.2) is 0 Å². The maximum absolute atomic E-state index is 8.81. The number of hydrogen-bond acceptors (Lipinski definition) is 2. The van der Waals surface area contributed by atoms with Crippen LogP contribution in [0.25, 0.3) is 0 Å². The van der Waals surface area contributed by atoms with Crippen LogP contribution in [0.5, 0.6) is 0 Å². The Kier molecular flexibility index (Phi) is 1.26. The number of aliphatic hydroxyl groups is 1. The third-order valence-corrected chi connectivity index (χ3v) is 1.39. The fourth-order valence-electron chi connectivity index (χ4n) is 0.752. The molecule has 0 bridgehead atoms. The Hall–Kier alpha value is -0.500. The average molecular weight is 114 g/mol. The second-order valence-corrected chi connectivity index (χ2v) is 2.11. The highest BCUT2D eigenvalue weighted by Gasteiger charge is 2.15. The van der Waals surface area contributed by atoms with E-state index < -0.39 is 6.29 Å². The van der Waals surface area contributed by atoms with Crippen molar-refractivity contribution in [3.05, 3.63) is 11.3 Å². The molecule has 1 atom stereocenters. The Labute approximate surface area is 48.8 Å². The van der Waals surface area contributed by atoms with Gasteiger partial charge in [0.2, 0.25) is 6.29 Å². The second-order valence-electron chi connectivity index (χ2n) is 2.11. The van der Waals surface area contributed by atoms with Gasteiger partial charge in [-0.15, -0.1) is 0 Å². The van der Waals surface area contributed by atoms with E-state index in [1.807, 2.05) is 13.8 Å². The van der Waals surface area contributed by atoms with Crippen molar-refractivity contribution in [1.82, 2.24) is 0 Å². The molecule has 1 aliphatic heterocycles. The van der Waals surface area contributed by atoms with E-state index >= 15 is 0 Å². The lowest BCUT2D eigenvalue weighted by atomic mass is 10.2. The maximum Gasteiger partial charge on any atom is 0.200 e. The highest BCUT2D eigenvalue weighted by molar-refractivity contribution is 5.08. The summed E-state index contributed by atoms with van der Waals surface area (Å²) in [5, 5.41) is 8.81. The lowest BCUT2D eigenvalue weighted by Crippen LogP contribution is -2.01. The Morgan fingerprint density at radius 2 is 2.25 bits per heavy atom. The molecule has 2 heteroatoms. The molecule has 1 unspecified atom stereocenters. The van der Waals surface area contributed by atoms with Crippen molar-refractivity contribution < 1.29 is 9.84 Å². The largest absolute Gasteiger partial charge is 0.470 e. The number of hydrogen-bond donors (Lipinski definition) is 1. The van der Waals surface area contributed by atoms with Gasteiger partial charge in [0, 0.05) is 6.42 Å². The molecule has 0 fully saturated rings. The summed E-state index contributed by atoms with van der Waals surface area (Å²) in [4.78, 5) is 0. The number of ether oxygens (including phenoxy) is 1. The molecule has 2 nitrogen and oxygen atoms in total. The quantitative estimate of drug-likeness (QED) is 0.509. The lowest BCUT2D eigenvalue weighted by Gasteiger charge is -2.00. The minimum atomic E-state index is -0.574. The third-order valence-electron chi connectivity index (χ3n) is 1.39. The summed E-state index contributed by atoms with van der Waals surface area (Å²) < 4.78 is 4.91. The molecule has 0 aliphatic carbocycles. The number of aliphatic hydroxyl groups excluding tert-OH is 1. The van der Waals surface area contributed by atoms with Crippen molar-refractivity contribution in [2.45, 2.75) is 26.6 Å². The predicted octanol–water partition coefficient (Wildman–Crippen LogP) is 1.02. The molecule has 0 amide bonds. The van der Waals surface area contributed by atoms with E-state index in [1.54, 1.807) is 0 Å². The molecular weight excluding hydrogens is 104 g/mol. The predicted molar refractivity (Wildman–Crippen MR) is 30.1 cm³/mol. The van der Waals surface area contributed by atoms with E-state index in [2.05, 4.69) is 0 Å². The van der Waals surface area contributed by atoms with Crippen molar-refractivity contribution in [1.29, 1.82) is 0 Å². The van der Waals surface area contributed by atoms with Crippen LogP contribution in [0.3, 0.4) is 0 Å². The molecule has 1 aliphatic rings. The van der Waals surface area contributed by atoms with Gasteiger partial charge in [-0.1, -0.05) is 0 Å². The molecule has 0 aromatic rings. The van der Waals surface area contributed by atoms with Crippen LogP contribution < -0.4 is 0 Å². The van der Waals surface area contributed by atoms with Crippen molar-refractivity contribution in [2.24, 2.45) is 0 Å². The lowest BCUT2D eigenvalue weighted by molar-refractivity contribution is -0.0442. The summed E-state index contributed by atoms with van der Waals surface area (Å²) in [6, 6.07) is 0. The summed E-state index contributed by atoms with van der Waals surface area (Å²) in [6.45, 7) is 3.83. The molecule has 0 aromatic carbocycles. The zero-order valence-corrected chi connectivity index (χ0v) is 5.14. The Bertz CT molecular complexity index is 112. The Balaban J connectivity index is 2.60. The summed E-state index contributed by atoms with van der Waals surface area (Å²) >= 11 is 0. The zero-order valence-electron chi connectivity index (χ0n) is 5.14. The van der Waals surface area contributed by atoms with Crippen LogP contribution in [0.2, 0.25) is 0 Å². The molecule has 1 N–H and O–H groups in total. The zero-order chi connectivity index (χ0) is 6.15. The monoisotopic (exact) mass is 114 g/mol. The topological polar surface area (TPSA) is 29.5 Å². The molecule has 46 valence electrons. The first-order chi connectivity index (χ1) is 3.70. The highest BCUT2D eigenvalue weighted by Crippen LogP contribution is 2.21. The molecule has 8 heavy (non-hydrogen) atoms. The molecule has 1 heterocycles. The maximum atomic E-state index is 8.81. The minimum absolute atomic E-state index is 0.574. The Morgan fingerprint density at radius 3 is 2.38 bits per heavy atom. The molecular formula is C6H10O2.